The molecule has 2 heterocycles. The second kappa shape index (κ2) is 3.87. The molecule has 1 aliphatic rings. The van der Waals surface area contributed by atoms with E-state index in [2.05, 4.69) is 10.3 Å². The van der Waals surface area contributed by atoms with Crippen molar-refractivity contribution in [3.8, 4) is 0 Å². The van der Waals surface area contributed by atoms with Gasteiger partial charge in [-0.25, -0.2) is 4.79 Å². The molecule has 0 saturated carbocycles. The van der Waals surface area contributed by atoms with Gasteiger partial charge in [0.2, 0.25) is 0 Å². The van der Waals surface area contributed by atoms with Crippen LogP contribution >= 0.6 is 0 Å². The van der Waals surface area contributed by atoms with Crippen molar-refractivity contribution in [3.63, 3.8) is 0 Å². The third-order valence-corrected chi connectivity index (χ3v) is 3.27. The summed E-state index contributed by atoms with van der Waals surface area (Å²) in [6.07, 6.45) is 1.64. The van der Waals surface area contributed by atoms with E-state index in [1.807, 2.05) is 0 Å². The molecule has 1 aliphatic heterocycles. The van der Waals surface area contributed by atoms with E-state index >= 15 is 0 Å². The molecule has 0 unspecified atom stereocenters. The van der Waals surface area contributed by atoms with Gasteiger partial charge in [-0.3, -0.25) is 4.79 Å². The van der Waals surface area contributed by atoms with Crippen LogP contribution in [-0.2, 0) is 6.42 Å². The molecule has 2 aromatic rings. The highest BCUT2D eigenvalue weighted by Gasteiger charge is 2.16. The number of nitrogens with one attached hydrogen (secondary N) is 2. The summed E-state index contributed by atoms with van der Waals surface area (Å²) in [4.78, 5) is 25.7. The predicted molar refractivity (Wildman–Crippen MR) is 68.3 cm³/mol. The number of anilines is 1. The third kappa shape index (κ3) is 1.55. The molecule has 5 heteroatoms. The summed E-state index contributed by atoms with van der Waals surface area (Å²) in [7, 11) is 0. The van der Waals surface area contributed by atoms with Crippen LogP contribution in [0.3, 0.4) is 0 Å². The van der Waals surface area contributed by atoms with E-state index in [4.69, 9.17) is 5.11 Å². The van der Waals surface area contributed by atoms with Gasteiger partial charge in [-0.1, -0.05) is 0 Å². The van der Waals surface area contributed by atoms with Gasteiger partial charge in [-0.15, -0.1) is 0 Å². The SMILES string of the molecule is O=C(O)c1ccc2[nH]c(=O)c3c(c2c1)NCCC3. The van der Waals surface area contributed by atoms with Crippen LogP contribution in [0.4, 0.5) is 5.69 Å². The molecular formula is C13H12N2O3. The normalized spacial score (nSPS) is 14.0. The van der Waals surface area contributed by atoms with Gasteiger partial charge >= 0.3 is 5.97 Å². The van der Waals surface area contributed by atoms with E-state index in [9.17, 15) is 9.59 Å². The van der Waals surface area contributed by atoms with Crippen LogP contribution in [-0.4, -0.2) is 22.6 Å². The predicted octanol–water partition coefficient (Wildman–Crippen LogP) is 1.58. The number of aromatic amines is 1. The highest BCUT2D eigenvalue weighted by Crippen LogP contribution is 2.27. The number of carbonyl (C=O) groups is 1. The van der Waals surface area contributed by atoms with E-state index in [-0.39, 0.29) is 11.1 Å². The number of pyridine rings is 1. The average Bonchev–Trinajstić information content (AvgIpc) is 2.38. The Bertz CT molecular complexity index is 703. The Labute approximate surface area is 102 Å². The fraction of sp³-hybridized carbons (Fsp3) is 0.231. The van der Waals surface area contributed by atoms with Gasteiger partial charge in [0.25, 0.3) is 5.56 Å². The average molecular weight is 244 g/mol. The van der Waals surface area contributed by atoms with Gasteiger partial charge in [-0.05, 0) is 31.0 Å². The largest absolute Gasteiger partial charge is 0.478 e. The van der Waals surface area contributed by atoms with Crippen LogP contribution in [0.15, 0.2) is 23.0 Å². The Morgan fingerprint density at radius 3 is 2.94 bits per heavy atom. The molecule has 0 spiro atoms. The fourth-order valence-corrected chi connectivity index (χ4v) is 2.39. The molecule has 1 aromatic heterocycles. The van der Waals surface area contributed by atoms with Crippen molar-refractivity contribution >= 4 is 22.6 Å². The number of carboxylic acids is 1. The summed E-state index contributed by atoms with van der Waals surface area (Å²) in [5.41, 5.74) is 2.30. The summed E-state index contributed by atoms with van der Waals surface area (Å²) in [5, 5.41) is 13.0. The number of hydrogen-bond donors (Lipinski definition) is 3. The zero-order valence-electron chi connectivity index (χ0n) is 9.62. The van der Waals surface area contributed by atoms with E-state index in [0.717, 1.165) is 36.0 Å². The molecule has 18 heavy (non-hydrogen) atoms. The molecule has 0 radical (unpaired) electrons. The van der Waals surface area contributed by atoms with E-state index in [0.29, 0.717) is 5.52 Å². The fourth-order valence-electron chi connectivity index (χ4n) is 2.39. The number of carboxylic acid groups (broad SMARTS) is 1. The zero-order chi connectivity index (χ0) is 12.7. The second-order valence-corrected chi connectivity index (χ2v) is 4.40. The number of fused-ring (bicyclic) bond motifs is 3. The highest BCUT2D eigenvalue weighted by molar-refractivity contribution is 5.99. The van der Waals surface area contributed by atoms with Crippen LogP contribution in [0.2, 0.25) is 0 Å². The zero-order valence-corrected chi connectivity index (χ0v) is 9.62. The van der Waals surface area contributed by atoms with Gasteiger partial charge in [0.15, 0.2) is 0 Å². The summed E-state index contributed by atoms with van der Waals surface area (Å²) in [6, 6.07) is 4.73. The molecule has 0 saturated heterocycles. The standard InChI is InChI=1S/C13H12N2O3/c16-12-8-2-1-5-14-11(8)9-6-7(13(17)18)3-4-10(9)15-12/h3-4,6,14H,1-2,5H2,(H,15,16)(H,17,18). The minimum Gasteiger partial charge on any atom is -0.478 e. The highest BCUT2D eigenvalue weighted by atomic mass is 16.4. The van der Waals surface area contributed by atoms with Crippen LogP contribution in [0, 0.1) is 0 Å². The van der Waals surface area contributed by atoms with Crippen LogP contribution in [0.5, 0.6) is 0 Å². The number of H-pyrrole nitrogens is 1. The Kier molecular flexibility index (Phi) is 2.33. The molecule has 0 fully saturated rings. The summed E-state index contributed by atoms with van der Waals surface area (Å²) < 4.78 is 0. The molecule has 3 rings (SSSR count). The molecule has 0 aliphatic carbocycles. The first-order chi connectivity index (χ1) is 8.66. The second-order valence-electron chi connectivity index (χ2n) is 4.40. The number of benzene rings is 1. The van der Waals surface area contributed by atoms with E-state index in [1.54, 1.807) is 12.1 Å². The van der Waals surface area contributed by atoms with Crippen LogP contribution < -0.4 is 10.9 Å². The molecule has 0 bridgehead atoms. The van der Waals surface area contributed by atoms with Gasteiger partial charge in [0.05, 0.1) is 16.8 Å². The summed E-state index contributed by atoms with van der Waals surface area (Å²) in [6.45, 7) is 0.808. The van der Waals surface area contributed by atoms with Gasteiger partial charge in [0, 0.05) is 17.5 Å². The molecule has 0 atom stereocenters. The van der Waals surface area contributed by atoms with Crippen molar-refractivity contribution in [1.82, 2.24) is 4.98 Å². The lowest BCUT2D eigenvalue weighted by Crippen LogP contribution is -2.22. The van der Waals surface area contributed by atoms with Crippen molar-refractivity contribution in [2.45, 2.75) is 12.8 Å². The first-order valence-corrected chi connectivity index (χ1v) is 5.83. The first-order valence-electron chi connectivity index (χ1n) is 5.83. The topological polar surface area (TPSA) is 82.2 Å². The molecule has 92 valence electrons. The van der Waals surface area contributed by atoms with Gasteiger partial charge < -0.3 is 15.4 Å². The smallest absolute Gasteiger partial charge is 0.335 e. The number of rotatable bonds is 1. The Morgan fingerprint density at radius 2 is 2.17 bits per heavy atom. The van der Waals surface area contributed by atoms with E-state index in [1.165, 1.54) is 6.07 Å². The Balaban J connectivity index is 2.36. The first kappa shape index (κ1) is 10.8. The van der Waals surface area contributed by atoms with Gasteiger partial charge in [-0.2, -0.15) is 0 Å². The lowest BCUT2D eigenvalue weighted by molar-refractivity contribution is 0.0697. The Morgan fingerprint density at radius 1 is 1.33 bits per heavy atom. The number of aromatic carboxylic acids is 1. The maximum atomic E-state index is 11.9. The maximum absolute atomic E-state index is 11.9. The number of hydrogen-bond acceptors (Lipinski definition) is 3. The van der Waals surface area contributed by atoms with Crippen molar-refractivity contribution < 1.29 is 9.90 Å². The molecule has 0 amide bonds. The quantitative estimate of drug-likeness (QED) is 0.711. The lowest BCUT2D eigenvalue weighted by atomic mass is 10.0. The van der Waals surface area contributed by atoms with Crippen molar-refractivity contribution in [1.29, 1.82) is 0 Å². The van der Waals surface area contributed by atoms with Crippen LogP contribution in [0.1, 0.15) is 22.3 Å². The number of aromatic nitrogens is 1. The minimum atomic E-state index is -0.965. The molecular weight excluding hydrogens is 232 g/mol. The van der Waals surface area contributed by atoms with Crippen molar-refractivity contribution in [3.05, 3.63) is 39.7 Å². The Hall–Kier alpha value is -2.30. The van der Waals surface area contributed by atoms with E-state index < -0.39 is 5.97 Å². The summed E-state index contributed by atoms with van der Waals surface area (Å²) >= 11 is 0. The maximum Gasteiger partial charge on any atom is 0.335 e. The summed E-state index contributed by atoms with van der Waals surface area (Å²) in [5.74, 6) is -0.965. The minimum absolute atomic E-state index is 0.0900. The monoisotopic (exact) mass is 244 g/mol. The van der Waals surface area contributed by atoms with Crippen molar-refractivity contribution in [2.75, 3.05) is 11.9 Å². The molecule has 5 nitrogen and oxygen atoms in total. The third-order valence-electron chi connectivity index (χ3n) is 3.27. The molecule has 3 N–H and O–H groups in total. The lowest BCUT2D eigenvalue weighted by Gasteiger charge is -2.19. The molecule has 1 aromatic carbocycles. The van der Waals surface area contributed by atoms with Crippen LogP contribution in [0.25, 0.3) is 10.9 Å². The van der Waals surface area contributed by atoms with Crippen molar-refractivity contribution in [2.24, 2.45) is 0 Å². The van der Waals surface area contributed by atoms with Gasteiger partial charge in [0.1, 0.15) is 0 Å².